The molecule has 1 heterocycles. The van der Waals surface area contributed by atoms with Gasteiger partial charge in [0.15, 0.2) is 0 Å². The summed E-state index contributed by atoms with van der Waals surface area (Å²) in [4.78, 5) is 4.11. The summed E-state index contributed by atoms with van der Waals surface area (Å²) >= 11 is 5.54. The maximum Gasteiger partial charge on any atom is 0.139 e. The Balaban J connectivity index is 2.11. The van der Waals surface area contributed by atoms with Crippen LogP contribution in [0.25, 0.3) is 0 Å². The van der Waals surface area contributed by atoms with Gasteiger partial charge < -0.3 is 9.47 Å². The molecule has 4 heteroatoms. The lowest BCUT2D eigenvalue weighted by Gasteiger charge is -2.11. The normalized spacial score (nSPS) is 9.67. The van der Waals surface area contributed by atoms with Crippen molar-refractivity contribution in [3.8, 4) is 23.3 Å². The molecule has 2 rings (SSSR count). The molecule has 0 unspecified atom stereocenters. The smallest absolute Gasteiger partial charge is 0.139 e. The number of rotatable bonds is 4. The van der Waals surface area contributed by atoms with Crippen molar-refractivity contribution in [1.29, 1.82) is 0 Å². The molecule has 0 fully saturated rings. The molecule has 3 nitrogen and oxygen atoms in total. The van der Waals surface area contributed by atoms with E-state index in [1.807, 2.05) is 31.2 Å². The molecule has 0 saturated carbocycles. The van der Waals surface area contributed by atoms with Crippen LogP contribution in [0, 0.1) is 18.8 Å². The molecule has 0 saturated heterocycles. The van der Waals surface area contributed by atoms with E-state index in [-0.39, 0.29) is 0 Å². The van der Waals surface area contributed by atoms with Gasteiger partial charge in [-0.1, -0.05) is 23.5 Å². The summed E-state index contributed by atoms with van der Waals surface area (Å²) < 4.78 is 11.1. The number of methoxy groups -OCH3 is 1. The number of pyridine rings is 1. The van der Waals surface area contributed by atoms with Crippen LogP contribution in [0.15, 0.2) is 36.7 Å². The van der Waals surface area contributed by atoms with Crippen molar-refractivity contribution in [2.75, 3.05) is 13.0 Å². The van der Waals surface area contributed by atoms with Crippen LogP contribution < -0.4 is 9.47 Å². The number of hydrogen-bond acceptors (Lipinski definition) is 3. The van der Waals surface area contributed by atoms with Gasteiger partial charge in [0.2, 0.25) is 0 Å². The van der Waals surface area contributed by atoms with Crippen LogP contribution in [0.5, 0.6) is 11.5 Å². The third kappa shape index (κ3) is 4.40. The minimum Gasteiger partial charge on any atom is -0.496 e. The van der Waals surface area contributed by atoms with Crippen molar-refractivity contribution < 1.29 is 9.47 Å². The predicted molar refractivity (Wildman–Crippen MR) is 83.9 cm³/mol. The fraction of sp³-hybridized carbons (Fsp3) is 0.235. The Labute approximate surface area is 129 Å². The third-order valence-electron chi connectivity index (χ3n) is 2.84. The molecule has 0 N–H and O–H groups in total. The molecule has 1 aromatic heterocycles. The standard InChI is InChI=1S/C17H16ClNO2/c1-13-5-6-17(20-2)15(8-13)12-21-16-9-14(4-3-7-18)10-19-11-16/h5-6,8-11H,7,12H2,1-2H3. The minimum absolute atomic E-state index is 0.297. The molecule has 0 radical (unpaired) electrons. The van der Waals surface area contributed by atoms with Crippen LogP contribution in [-0.4, -0.2) is 18.0 Å². The third-order valence-corrected chi connectivity index (χ3v) is 2.98. The summed E-state index contributed by atoms with van der Waals surface area (Å²) in [5, 5.41) is 0. The first-order valence-corrected chi connectivity index (χ1v) is 7.02. The maximum absolute atomic E-state index is 5.77. The molecular weight excluding hydrogens is 286 g/mol. The molecule has 108 valence electrons. The summed E-state index contributed by atoms with van der Waals surface area (Å²) in [5.41, 5.74) is 2.94. The van der Waals surface area contributed by atoms with Crippen molar-refractivity contribution in [3.05, 3.63) is 53.3 Å². The Kier molecular flexibility index (Phi) is 5.48. The molecule has 0 bridgehead atoms. The van der Waals surface area contributed by atoms with Gasteiger partial charge in [0.25, 0.3) is 0 Å². The first-order chi connectivity index (χ1) is 10.2. The zero-order valence-electron chi connectivity index (χ0n) is 12.0. The highest BCUT2D eigenvalue weighted by Gasteiger charge is 2.05. The molecule has 0 amide bonds. The van der Waals surface area contributed by atoms with E-state index < -0.39 is 0 Å². The molecule has 0 atom stereocenters. The highest BCUT2D eigenvalue weighted by Crippen LogP contribution is 2.22. The lowest BCUT2D eigenvalue weighted by atomic mass is 10.1. The van der Waals surface area contributed by atoms with Crippen molar-refractivity contribution >= 4 is 11.6 Å². The maximum atomic E-state index is 5.77. The average Bonchev–Trinajstić information content (AvgIpc) is 2.51. The summed E-state index contributed by atoms with van der Waals surface area (Å²) in [6, 6.07) is 7.83. The fourth-order valence-electron chi connectivity index (χ4n) is 1.88. The van der Waals surface area contributed by atoms with Gasteiger partial charge in [-0.25, -0.2) is 0 Å². The lowest BCUT2D eigenvalue weighted by Crippen LogP contribution is -2.00. The zero-order valence-corrected chi connectivity index (χ0v) is 12.8. The van der Waals surface area contributed by atoms with Crippen molar-refractivity contribution in [1.82, 2.24) is 4.98 Å². The van der Waals surface area contributed by atoms with Gasteiger partial charge in [-0.3, -0.25) is 4.98 Å². The van der Waals surface area contributed by atoms with E-state index in [4.69, 9.17) is 21.1 Å². The van der Waals surface area contributed by atoms with Gasteiger partial charge in [-0.05, 0) is 25.1 Å². The number of aromatic nitrogens is 1. The van der Waals surface area contributed by atoms with Crippen molar-refractivity contribution in [3.63, 3.8) is 0 Å². The summed E-state index contributed by atoms with van der Waals surface area (Å²) in [5.74, 6) is 7.48. The minimum atomic E-state index is 0.297. The van der Waals surface area contributed by atoms with Gasteiger partial charge in [0.1, 0.15) is 18.1 Å². The van der Waals surface area contributed by atoms with Gasteiger partial charge in [-0.15, -0.1) is 11.6 Å². The van der Waals surface area contributed by atoms with E-state index in [1.165, 1.54) is 0 Å². The molecule has 21 heavy (non-hydrogen) atoms. The number of halogens is 1. The van der Waals surface area contributed by atoms with Crippen LogP contribution in [0.2, 0.25) is 0 Å². The van der Waals surface area contributed by atoms with Gasteiger partial charge in [0, 0.05) is 17.3 Å². The number of hydrogen-bond donors (Lipinski definition) is 0. The van der Waals surface area contributed by atoms with Crippen LogP contribution in [0.1, 0.15) is 16.7 Å². The van der Waals surface area contributed by atoms with Crippen molar-refractivity contribution in [2.45, 2.75) is 13.5 Å². The molecule has 2 aromatic rings. The summed E-state index contributed by atoms with van der Waals surface area (Å²) in [6.07, 6.45) is 3.34. The Bertz CT molecular complexity index is 674. The predicted octanol–water partition coefficient (Wildman–Crippen LogP) is 3.57. The van der Waals surface area contributed by atoms with E-state index in [0.717, 1.165) is 22.4 Å². The lowest BCUT2D eigenvalue weighted by molar-refractivity contribution is 0.295. The van der Waals surface area contributed by atoms with Crippen LogP contribution >= 0.6 is 11.6 Å². The number of nitrogens with zero attached hydrogens (tertiary/aromatic N) is 1. The largest absolute Gasteiger partial charge is 0.496 e. The van der Waals surface area contributed by atoms with Crippen LogP contribution in [-0.2, 0) is 6.61 Å². The highest BCUT2D eigenvalue weighted by molar-refractivity contribution is 6.19. The number of aryl methyl sites for hydroxylation is 1. The second-order valence-electron chi connectivity index (χ2n) is 4.45. The van der Waals surface area contributed by atoms with Gasteiger partial charge in [0.05, 0.1) is 19.2 Å². The van der Waals surface area contributed by atoms with Gasteiger partial charge >= 0.3 is 0 Å². The Morgan fingerprint density at radius 2 is 2.10 bits per heavy atom. The Morgan fingerprint density at radius 3 is 2.86 bits per heavy atom. The quantitative estimate of drug-likeness (QED) is 0.639. The van der Waals surface area contributed by atoms with E-state index in [1.54, 1.807) is 19.5 Å². The second kappa shape index (κ2) is 7.56. The van der Waals surface area contributed by atoms with E-state index >= 15 is 0 Å². The topological polar surface area (TPSA) is 31.4 Å². The first-order valence-electron chi connectivity index (χ1n) is 6.49. The monoisotopic (exact) mass is 301 g/mol. The summed E-state index contributed by atoms with van der Waals surface area (Å²) in [7, 11) is 1.65. The Hall–Kier alpha value is -2.18. The molecule has 0 aliphatic carbocycles. The average molecular weight is 302 g/mol. The molecular formula is C17H16ClNO2. The fourth-order valence-corrected chi connectivity index (χ4v) is 1.95. The van der Waals surface area contributed by atoms with Crippen molar-refractivity contribution in [2.24, 2.45) is 0 Å². The molecule has 1 aromatic carbocycles. The number of alkyl halides is 1. The van der Waals surface area contributed by atoms with E-state index in [2.05, 4.69) is 16.8 Å². The van der Waals surface area contributed by atoms with E-state index in [9.17, 15) is 0 Å². The Morgan fingerprint density at radius 1 is 1.24 bits per heavy atom. The second-order valence-corrected chi connectivity index (χ2v) is 4.72. The SMILES string of the molecule is COc1ccc(C)cc1COc1cncc(C#CCCl)c1. The summed E-state index contributed by atoms with van der Waals surface area (Å²) in [6.45, 7) is 2.45. The molecule has 0 spiro atoms. The number of ether oxygens (including phenoxy) is 2. The first kappa shape index (κ1) is 15.2. The van der Waals surface area contributed by atoms with E-state index in [0.29, 0.717) is 18.2 Å². The van der Waals surface area contributed by atoms with Crippen LogP contribution in [0.4, 0.5) is 0 Å². The highest BCUT2D eigenvalue weighted by atomic mass is 35.5. The molecule has 0 aliphatic heterocycles. The molecule has 0 aliphatic rings. The zero-order chi connectivity index (χ0) is 15.1. The van der Waals surface area contributed by atoms with Gasteiger partial charge in [-0.2, -0.15) is 0 Å². The van der Waals surface area contributed by atoms with Crippen LogP contribution in [0.3, 0.4) is 0 Å². The number of benzene rings is 1.